The van der Waals surface area contributed by atoms with Gasteiger partial charge in [0.2, 0.25) is 0 Å². The van der Waals surface area contributed by atoms with Crippen LogP contribution in [-0.2, 0) is 0 Å². The van der Waals surface area contributed by atoms with Gasteiger partial charge in [-0.2, -0.15) is 0 Å². The molecule has 0 saturated heterocycles. The molecule has 56 heavy (non-hydrogen) atoms. The van der Waals surface area contributed by atoms with E-state index >= 15 is 0 Å². The first-order valence-corrected chi connectivity index (χ1v) is 21.9. The lowest BCUT2D eigenvalue weighted by Gasteiger charge is -2.32. The summed E-state index contributed by atoms with van der Waals surface area (Å²) in [5, 5.41) is 13.0. The molecule has 2 atom stereocenters. The van der Waals surface area contributed by atoms with Gasteiger partial charge in [-0.25, -0.2) is 9.97 Å². The zero-order valence-corrected chi connectivity index (χ0v) is 37.5. The van der Waals surface area contributed by atoms with E-state index in [-0.39, 0.29) is 0 Å². The van der Waals surface area contributed by atoms with Gasteiger partial charge in [0.15, 0.2) is 0 Å². The van der Waals surface area contributed by atoms with Crippen LogP contribution in [0.4, 0.5) is 11.4 Å². The fraction of sp³-hybridized carbons (Fsp3) is 0.0500. The normalized spacial score (nSPS) is 12.7. The second-order valence-electron chi connectivity index (χ2n) is 12.7. The third-order valence-electron chi connectivity index (χ3n) is 8.67. The molecule has 2 N–H and O–H groups in total. The van der Waals surface area contributed by atoms with Crippen LogP contribution in [0.5, 0.6) is 0 Å². The van der Waals surface area contributed by atoms with Crippen LogP contribution >= 0.6 is 141 Å². The van der Waals surface area contributed by atoms with Crippen LogP contribution in [0.25, 0.3) is 41.6 Å². The van der Waals surface area contributed by atoms with E-state index in [4.69, 9.17) is 128 Å². The van der Waals surface area contributed by atoms with E-state index in [9.17, 15) is 0 Å². The van der Waals surface area contributed by atoms with Gasteiger partial charge in [0.25, 0.3) is 0 Å². The van der Waals surface area contributed by atoms with Crippen LogP contribution in [0, 0.1) is 0 Å². The number of hydrogen-bond acceptors (Lipinski definition) is 8. The highest BCUT2D eigenvalue weighted by atomic mass is 35.5. The van der Waals surface area contributed by atoms with Gasteiger partial charge in [-0.05, 0) is 108 Å². The van der Waals surface area contributed by atoms with Crippen molar-refractivity contribution < 1.29 is 0 Å². The summed E-state index contributed by atoms with van der Waals surface area (Å²) in [5.41, 5.74) is 6.20. The van der Waals surface area contributed by atoms with Crippen molar-refractivity contribution in [1.29, 1.82) is 0 Å². The summed E-state index contributed by atoms with van der Waals surface area (Å²) in [5.74, 6) is 0. The Balaban J connectivity index is 1.25. The molecule has 0 bridgehead atoms. The zero-order chi connectivity index (χ0) is 39.4. The standard InChI is InChI=1S/C40H22Cl8N4S4/c41-21-1-17(2-22(42)9-21)37(49-29-15-35-31(13-33(29)53)51-39(55-35)19-5-25(45)11-26(46)6-19)38(18-3-23(43)10-24(44)4-18)50-30-16-36-32(14-34(30)54)52-40(56-36)20-7-27(47)12-28(48)8-20/h1-16,37-38,49-50,53-54H/t37-,38-/m1/s1. The van der Waals surface area contributed by atoms with Gasteiger partial charge in [-0.3, -0.25) is 0 Å². The largest absolute Gasteiger partial charge is 0.375 e. The SMILES string of the molecule is Sc1cc2nc(-c3cc(Cl)cc(Cl)c3)sc2cc1N[C@H](c1cc(Cl)cc(Cl)c1)[C@H](Nc1cc2sc(-c3cc(Cl)cc(Cl)c3)nc2cc1S)c1cc(Cl)cc(Cl)c1. The number of thiol groups is 2. The van der Waals surface area contributed by atoms with Crippen LogP contribution in [0.1, 0.15) is 23.2 Å². The van der Waals surface area contributed by atoms with E-state index in [1.165, 1.54) is 22.7 Å². The number of anilines is 2. The van der Waals surface area contributed by atoms with Crippen molar-refractivity contribution in [3.63, 3.8) is 0 Å². The first-order chi connectivity index (χ1) is 26.7. The Kier molecular flexibility index (Phi) is 12.1. The third-order valence-corrected chi connectivity index (χ3v) is 13.3. The molecule has 0 aliphatic rings. The fourth-order valence-electron chi connectivity index (χ4n) is 6.32. The van der Waals surface area contributed by atoms with Crippen molar-refractivity contribution in [2.24, 2.45) is 0 Å². The Morgan fingerprint density at radius 3 is 1.04 bits per heavy atom. The monoisotopic (exact) mass is 966 g/mol. The van der Waals surface area contributed by atoms with E-state index in [1.807, 2.05) is 72.8 Å². The number of halogens is 8. The Hall–Kier alpha value is -2.28. The zero-order valence-electron chi connectivity index (χ0n) is 28.0. The minimum Gasteiger partial charge on any atom is -0.375 e. The molecule has 0 unspecified atom stereocenters. The van der Waals surface area contributed by atoms with E-state index in [0.29, 0.717) is 50.0 Å². The Labute approximate surface area is 380 Å². The minimum absolute atomic E-state index is 0.464. The molecule has 4 nitrogen and oxygen atoms in total. The molecule has 2 aromatic heterocycles. The lowest BCUT2D eigenvalue weighted by Crippen LogP contribution is -2.26. The van der Waals surface area contributed by atoms with E-state index < -0.39 is 12.1 Å². The molecular weight excluding hydrogens is 948 g/mol. The lowest BCUT2D eigenvalue weighted by atomic mass is 9.92. The summed E-state index contributed by atoms with van der Waals surface area (Å²) in [6.07, 6.45) is 0. The van der Waals surface area contributed by atoms with E-state index in [2.05, 4.69) is 10.6 Å². The molecule has 8 rings (SSSR count). The van der Waals surface area contributed by atoms with Gasteiger partial charge in [-0.15, -0.1) is 47.9 Å². The second-order valence-corrected chi connectivity index (χ2v) is 19.2. The molecule has 0 aliphatic carbocycles. The number of nitrogens with one attached hydrogen (secondary N) is 2. The lowest BCUT2D eigenvalue weighted by molar-refractivity contribution is 0.647. The molecule has 6 aromatic carbocycles. The van der Waals surface area contributed by atoms with E-state index in [1.54, 1.807) is 24.3 Å². The number of benzene rings is 6. The van der Waals surface area contributed by atoms with Gasteiger partial charge in [0, 0.05) is 72.5 Å². The Bertz CT molecular complexity index is 2560. The molecule has 0 amide bonds. The maximum atomic E-state index is 6.66. The molecule has 282 valence electrons. The Morgan fingerprint density at radius 1 is 0.411 bits per heavy atom. The predicted octanol–water partition coefficient (Wildman–Crippen LogP) is 17.1. The quantitative estimate of drug-likeness (QED) is 0.109. The van der Waals surface area contributed by atoms with E-state index in [0.717, 1.165) is 64.1 Å². The van der Waals surface area contributed by atoms with Crippen molar-refractivity contribution in [2.75, 3.05) is 10.6 Å². The third kappa shape index (κ3) is 8.98. The summed E-state index contributed by atoms with van der Waals surface area (Å²) in [7, 11) is 0. The van der Waals surface area contributed by atoms with Gasteiger partial charge in [-0.1, -0.05) is 92.8 Å². The topological polar surface area (TPSA) is 49.8 Å². The number of hydrogen-bond donors (Lipinski definition) is 4. The van der Waals surface area contributed by atoms with Gasteiger partial charge >= 0.3 is 0 Å². The maximum Gasteiger partial charge on any atom is 0.124 e. The van der Waals surface area contributed by atoms with Crippen LogP contribution < -0.4 is 10.6 Å². The average Bonchev–Trinajstić information content (AvgIpc) is 3.71. The highest BCUT2D eigenvalue weighted by Crippen LogP contribution is 2.44. The van der Waals surface area contributed by atoms with Gasteiger partial charge in [0.05, 0.1) is 32.5 Å². The molecule has 8 aromatic rings. The van der Waals surface area contributed by atoms with Crippen molar-refractivity contribution in [1.82, 2.24) is 9.97 Å². The first kappa shape index (κ1) is 40.5. The molecule has 0 radical (unpaired) electrons. The smallest absolute Gasteiger partial charge is 0.124 e. The number of nitrogens with zero attached hydrogens (tertiary/aromatic N) is 2. The molecule has 0 fully saturated rings. The van der Waals surface area contributed by atoms with Crippen LogP contribution in [0.3, 0.4) is 0 Å². The maximum absolute atomic E-state index is 6.66. The summed E-state index contributed by atoms with van der Waals surface area (Å²) < 4.78 is 1.83. The molecule has 0 saturated carbocycles. The molecular formula is C40H22Cl8N4S4. The van der Waals surface area contributed by atoms with Crippen LogP contribution in [0.2, 0.25) is 40.2 Å². The highest BCUT2D eigenvalue weighted by Gasteiger charge is 2.29. The molecule has 0 aliphatic heterocycles. The number of fused-ring (bicyclic) bond motifs is 2. The average molecular weight is 971 g/mol. The van der Waals surface area contributed by atoms with Crippen LogP contribution in [0.15, 0.2) is 107 Å². The van der Waals surface area contributed by atoms with Crippen molar-refractivity contribution in [3.8, 4) is 21.1 Å². The summed E-state index contributed by atoms with van der Waals surface area (Å²) in [4.78, 5) is 11.1. The van der Waals surface area contributed by atoms with Crippen molar-refractivity contribution >= 4 is 173 Å². The van der Waals surface area contributed by atoms with Gasteiger partial charge < -0.3 is 10.6 Å². The van der Waals surface area contributed by atoms with Crippen LogP contribution in [-0.4, -0.2) is 9.97 Å². The number of aromatic nitrogens is 2. The summed E-state index contributed by atoms with van der Waals surface area (Å²) in [6, 6.07) is 28.4. The highest BCUT2D eigenvalue weighted by molar-refractivity contribution is 7.80. The molecule has 16 heteroatoms. The predicted molar refractivity (Wildman–Crippen MR) is 250 cm³/mol. The first-order valence-electron chi connectivity index (χ1n) is 16.4. The summed E-state index contributed by atoms with van der Waals surface area (Å²) in [6.45, 7) is 0. The Morgan fingerprint density at radius 2 is 0.714 bits per heavy atom. The van der Waals surface area contributed by atoms with Gasteiger partial charge in [0.1, 0.15) is 10.0 Å². The molecule has 2 heterocycles. The number of thiazole rings is 2. The van der Waals surface area contributed by atoms with Crippen molar-refractivity contribution in [2.45, 2.75) is 21.9 Å². The summed E-state index contributed by atoms with van der Waals surface area (Å²) >= 11 is 64.9. The number of rotatable bonds is 9. The fourth-order valence-corrected chi connectivity index (χ4v) is 10.9. The second kappa shape index (κ2) is 16.8. The van der Waals surface area contributed by atoms with Crippen molar-refractivity contribution in [3.05, 3.63) is 148 Å². The molecule has 0 spiro atoms. The minimum atomic E-state index is -0.544.